The van der Waals surface area contributed by atoms with Gasteiger partial charge in [-0.1, -0.05) is 13.3 Å². The smallest absolute Gasteiger partial charge is 0.191 e. The first-order chi connectivity index (χ1) is 12.6. The van der Waals surface area contributed by atoms with E-state index in [1.807, 2.05) is 0 Å². The van der Waals surface area contributed by atoms with E-state index in [0.717, 1.165) is 38.6 Å². The quantitative estimate of drug-likeness (QED) is 0.455. The van der Waals surface area contributed by atoms with Gasteiger partial charge in [-0.25, -0.2) is 0 Å². The van der Waals surface area contributed by atoms with E-state index in [1.165, 1.54) is 52.0 Å². The summed E-state index contributed by atoms with van der Waals surface area (Å²) in [6.45, 7) is 16.2. The molecule has 2 rings (SSSR count). The maximum atomic E-state index is 5.30. The molecule has 0 aromatic rings. The SMILES string of the molecule is CCNC(=NCC1(CCOC)CCC1)NCC(C)N1CCN(CC)CC1. The van der Waals surface area contributed by atoms with Gasteiger partial charge in [-0.15, -0.1) is 0 Å². The maximum absolute atomic E-state index is 5.30. The lowest BCUT2D eigenvalue weighted by Crippen LogP contribution is -2.53. The third kappa shape index (κ3) is 6.39. The number of likely N-dealkylation sites (N-methyl/N-ethyl adjacent to an activating group) is 1. The first-order valence-electron chi connectivity index (χ1n) is 10.6. The minimum absolute atomic E-state index is 0.375. The molecule has 0 aromatic carbocycles. The molecule has 0 aromatic heterocycles. The van der Waals surface area contributed by atoms with Crippen molar-refractivity contribution in [3.05, 3.63) is 0 Å². The van der Waals surface area contributed by atoms with Crippen molar-refractivity contribution in [1.29, 1.82) is 0 Å². The number of aliphatic imine (C=N–C) groups is 1. The van der Waals surface area contributed by atoms with Crippen molar-refractivity contribution >= 4 is 5.96 Å². The van der Waals surface area contributed by atoms with E-state index < -0.39 is 0 Å². The van der Waals surface area contributed by atoms with Crippen molar-refractivity contribution in [2.24, 2.45) is 10.4 Å². The van der Waals surface area contributed by atoms with Gasteiger partial charge in [-0.2, -0.15) is 0 Å². The van der Waals surface area contributed by atoms with E-state index in [9.17, 15) is 0 Å². The van der Waals surface area contributed by atoms with E-state index in [4.69, 9.17) is 9.73 Å². The van der Waals surface area contributed by atoms with Crippen LogP contribution in [-0.4, -0.2) is 87.9 Å². The molecule has 1 aliphatic carbocycles. The van der Waals surface area contributed by atoms with E-state index in [2.05, 4.69) is 41.2 Å². The molecule has 6 nitrogen and oxygen atoms in total. The van der Waals surface area contributed by atoms with Crippen LogP contribution < -0.4 is 10.6 Å². The molecule has 1 heterocycles. The highest BCUT2D eigenvalue weighted by atomic mass is 16.5. The monoisotopic (exact) mass is 367 g/mol. The zero-order chi connectivity index (χ0) is 18.8. The number of nitrogens with one attached hydrogen (secondary N) is 2. The second kappa shape index (κ2) is 11.1. The molecule has 1 unspecified atom stereocenters. The summed E-state index contributed by atoms with van der Waals surface area (Å²) in [7, 11) is 1.79. The number of guanidine groups is 1. The van der Waals surface area contributed by atoms with Crippen molar-refractivity contribution in [3.63, 3.8) is 0 Å². The predicted octanol–water partition coefficient (Wildman–Crippen LogP) is 1.77. The number of rotatable bonds is 10. The van der Waals surface area contributed by atoms with Gasteiger partial charge in [-0.3, -0.25) is 9.89 Å². The van der Waals surface area contributed by atoms with Gasteiger partial charge >= 0.3 is 0 Å². The molecule has 26 heavy (non-hydrogen) atoms. The Labute approximate surface area is 160 Å². The first-order valence-corrected chi connectivity index (χ1v) is 10.6. The fraction of sp³-hybridized carbons (Fsp3) is 0.950. The molecule has 0 spiro atoms. The number of hydrogen-bond donors (Lipinski definition) is 2. The number of nitrogens with zero attached hydrogens (tertiary/aromatic N) is 3. The largest absolute Gasteiger partial charge is 0.385 e. The summed E-state index contributed by atoms with van der Waals surface area (Å²) in [4.78, 5) is 10.0. The molecule has 2 aliphatic rings. The van der Waals surface area contributed by atoms with Gasteiger partial charge in [0.25, 0.3) is 0 Å². The third-order valence-corrected chi connectivity index (χ3v) is 6.21. The highest BCUT2D eigenvalue weighted by molar-refractivity contribution is 5.79. The lowest BCUT2D eigenvalue weighted by atomic mass is 9.67. The molecule has 1 aliphatic heterocycles. The average Bonchev–Trinajstić information content (AvgIpc) is 2.64. The second-order valence-corrected chi connectivity index (χ2v) is 7.99. The fourth-order valence-electron chi connectivity index (χ4n) is 3.96. The second-order valence-electron chi connectivity index (χ2n) is 7.99. The predicted molar refractivity (Wildman–Crippen MR) is 110 cm³/mol. The van der Waals surface area contributed by atoms with E-state index in [1.54, 1.807) is 7.11 Å². The van der Waals surface area contributed by atoms with Crippen molar-refractivity contribution in [1.82, 2.24) is 20.4 Å². The molecule has 0 radical (unpaired) electrons. The Bertz CT molecular complexity index is 416. The van der Waals surface area contributed by atoms with Crippen molar-refractivity contribution in [3.8, 4) is 0 Å². The molecular weight excluding hydrogens is 326 g/mol. The third-order valence-electron chi connectivity index (χ3n) is 6.21. The maximum Gasteiger partial charge on any atom is 0.191 e. The number of hydrogen-bond acceptors (Lipinski definition) is 4. The molecule has 2 fully saturated rings. The number of ether oxygens (including phenoxy) is 1. The molecule has 6 heteroatoms. The summed E-state index contributed by atoms with van der Waals surface area (Å²) in [5.74, 6) is 0.968. The normalized spacial score (nSPS) is 22.7. The van der Waals surface area contributed by atoms with Crippen molar-refractivity contribution < 1.29 is 4.74 Å². The summed E-state index contributed by atoms with van der Waals surface area (Å²) in [5, 5.41) is 6.99. The van der Waals surface area contributed by atoms with Crippen LogP contribution in [0.3, 0.4) is 0 Å². The van der Waals surface area contributed by atoms with Gasteiger partial charge in [0, 0.05) is 65.6 Å². The highest BCUT2D eigenvalue weighted by Gasteiger charge is 2.36. The van der Waals surface area contributed by atoms with E-state index in [-0.39, 0.29) is 0 Å². The minimum atomic E-state index is 0.375. The van der Waals surface area contributed by atoms with Gasteiger partial charge < -0.3 is 20.3 Å². The van der Waals surface area contributed by atoms with Crippen molar-refractivity contribution in [2.45, 2.75) is 52.5 Å². The Kier molecular flexibility index (Phi) is 9.16. The zero-order valence-electron chi connectivity index (χ0n) is 17.5. The average molecular weight is 368 g/mol. The Morgan fingerprint density at radius 1 is 1.15 bits per heavy atom. The van der Waals surface area contributed by atoms with Crippen LogP contribution in [0.15, 0.2) is 4.99 Å². The molecule has 152 valence electrons. The Balaban J connectivity index is 1.79. The molecule has 1 saturated carbocycles. The molecule has 2 N–H and O–H groups in total. The molecule has 1 atom stereocenters. The van der Waals surface area contributed by atoms with E-state index in [0.29, 0.717) is 11.5 Å². The van der Waals surface area contributed by atoms with Crippen LogP contribution in [0.25, 0.3) is 0 Å². The Morgan fingerprint density at radius 3 is 2.42 bits per heavy atom. The van der Waals surface area contributed by atoms with Crippen LogP contribution in [-0.2, 0) is 4.74 Å². The first kappa shape index (κ1) is 21.5. The minimum Gasteiger partial charge on any atom is -0.385 e. The van der Waals surface area contributed by atoms with Gasteiger partial charge in [0.05, 0.1) is 0 Å². The number of methoxy groups -OCH3 is 1. The standard InChI is InChI=1S/C20H41N5O/c1-5-21-19(23-17-20(8-7-9-20)10-15-26-4)22-16-18(3)25-13-11-24(6-2)12-14-25/h18H,5-17H2,1-4H3,(H2,21,22,23). The lowest BCUT2D eigenvalue weighted by Gasteiger charge is -2.41. The molecular formula is C20H41N5O. The van der Waals surface area contributed by atoms with Crippen molar-refractivity contribution in [2.75, 3.05) is 66.1 Å². The van der Waals surface area contributed by atoms with Gasteiger partial charge in [0.15, 0.2) is 5.96 Å². The molecule has 0 bridgehead atoms. The van der Waals surface area contributed by atoms with Crippen LogP contribution >= 0.6 is 0 Å². The summed E-state index contributed by atoms with van der Waals surface area (Å²) >= 11 is 0. The van der Waals surface area contributed by atoms with Gasteiger partial charge in [-0.05, 0) is 45.1 Å². The topological polar surface area (TPSA) is 52.1 Å². The molecule has 1 saturated heterocycles. The summed E-state index contributed by atoms with van der Waals surface area (Å²) in [5.41, 5.74) is 0.375. The summed E-state index contributed by atoms with van der Waals surface area (Å²) < 4.78 is 5.30. The molecule has 0 amide bonds. The van der Waals surface area contributed by atoms with Gasteiger partial charge in [0.1, 0.15) is 0 Å². The van der Waals surface area contributed by atoms with Crippen LogP contribution in [0.2, 0.25) is 0 Å². The van der Waals surface area contributed by atoms with Crippen LogP contribution in [0.1, 0.15) is 46.5 Å². The van der Waals surface area contributed by atoms with Crippen LogP contribution in [0.5, 0.6) is 0 Å². The summed E-state index contributed by atoms with van der Waals surface area (Å²) in [6.07, 6.45) is 5.04. The fourth-order valence-corrected chi connectivity index (χ4v) is 3.96. The summed E-state index contributed by atoms with van der Waals surface area (Å²) in [6, 6.07) is 0.531. The van der Waals surface area contributed by atoms with Crippen LogP contribution in [0, 0.1) is 5.41 Å². The van der Waals surface area contributed by atoms with Crippen LogP contribution in [0.4, 0.5) is 0 Å². The highest BCUT2D eigenvalue weighted by Crippen LogP contribution is 2.44. The zero-order valence-corrected chi connectivity index (χ0v) is 17.5. The van der Waals surface area contributed by atoms with E-state index >= 15 is 0 Å². The van der Waals surface area contributed by atoms with Gasteiger partial charge in [0.2, 0.25) is 0 Å². The number of piperazine rings is 1. The Hall–Kier alpha value is -0.850. The Morgan fingerprint density at radius 2 is 1.88 bits per heavy atom. The lowest BCUT2D eigenvalue weighted by molar-refractivity contribution is 0.0778.